The average molecular weight is 377 g/mol. The van der Waals surface area contributed by atoms with Crippen molar-refractivity contribution in [3.63, 3.8) is 0 Å². The van der Waals surface area contributed by atoms with Crippen LogP contribution >= 0.6 is 0 Å². The van der Waals surface area contributed by atoms with Crippen molar-refractivity contribution in [2.24, 2.45) is 0 Å². The van der Waals surface area contributed by atoms with Crippen molar-refractivity contribution in [1.82, 2.24) is 9.88 Å². The number of ether oxygens (including phenoxy) is 1. The van der Waals surface area contributed by atoms with Crippen LogP contribution in [0.4, 0.5) is 5.69 Å². The molecule has 1 aromatic heterocycles. The topological polar surface area (TPSA) is 74.4 Å². The number of para-hydroxylation sites is 2. The van der Waals surface area contributed by atoms with Crippen molar-refractivity contribution in [3.05, 3.63) is 65.9 Å². The van der Waals surface area contributed by atoms with Gasteiger partial charge in [-0.15, -0.1) is 0 Å². The van der Waals surface area contributed by atoms with E-state index in [-0.39, 0.29) is 24.0 Å². The monoisotopic (exact) mass is 377 g/mol. The van der Waals surface area contributed by atoms with E-state index in [0.29, 0.717) is 30.0 Å². The number of nitrogens with zero attached hydrogens (tertiary/aromatic N) is 1. The zero-order valence-electron chi connectivity index (χ0n) is 15.9. The predicted molar refractivity (Wildman–Crippen MR) is 109 cm³/mol. The van der Waals surface area contributed by atoms with E-state index in [0.717, 1.165) is 10.9 Å². The van der Waals surface area contributed by atoms with Crippen LogP contribution in [0.3, 0.4) is 0 Å². The summed E-state index contributed by atoms with van der Waals surface area (Å²) >= 11 is 0. The van der Waals surface area contributed by atoms with Gasteiger partial charge in [-0.3, -0.25) is 9.59 Å². The summed E-state index contributed by atoms with van der Waals surface area (Å²) in [7, 11) is 0. The van der Waals surface area contributed by atoms with E-state index in [9.17, 15) is 9.59 Å². The zero-order chi connectivity index (χ0) is 19.7. The van der Waals surface area contributed by atoms with E-state index >= 15 is 0 Å². The molecule has 0 bridgehead atoms. The van der Waals surface area contributed by atoms with Gasteiger partial charge in [0.25, 0.3) is 11.8 Å². The minimum atomic E-state index is -0.278. The molecule has 28 heavy (non-hydrogen) atoms. The number of benzene rings is 2. The summed E-state index contributed by atoms with van der Waals surface area (Å²) in [5, 5.41) is 3.85. The van der Waals surface area contributed by atoms with Gasteiger partial charge in [0.05, 0.1) is 23.5 Å². The number of anilines is 1. The average Bonchev–Trinajstić information content (AvgIpc) is 3.11. The van der Waals surface area contributed by atoms with Gasteiger partial charge in [-0.05, 0) is 38.1 Å². The Morgan fingerprint density at radius 3 is 2.46 bits per heavy atom. The number of carbonyl (C=O) groups excluding carboxylic acids is 2. The molecule has 2 amide bonds. The molecule has 0 spiro atoms. The van der Waals surface area contributed by atoms with Gasteiger partial charge in [0.15, 0.2) is 0 Å². The number of amides is 2. The predicted octanol–water partition coefficient (Wildman–Crippen LogP) is 3.67. The SMILES string of the molecule is C[C@@H]1CN(C(=O)c2ccccc2NC(=O)c2cc3ccccc3[nH]2)C[C@H](C)O1. The number of aromatic amines is 1. The normalized spacial score (nSPS) is 19.6. The highest BCUT2D eigenvalue weighted by atomic mass is 16.5. The van der Waals surface area contributed by atoms with Crippen molar-refractivity contribution in [2.45, 2.75) is 26.1 Å². The highest BCUT2D eigenvalue weighted by Gasteiger charge is 2.28. The molecule has 3 aromatic rings. The quantitative estimate of drug-likeness (QED) is 0.731. The fourth-order valence-corrected chi connectivity index (χ4v) is 3.68. The highest BCUT2D eigenvalue weighted by molar-refractivity contribution is 6.09. The lowest BCUT2D eigenvalue weighted by molar-refractivity contribution is -0.0585. The first-order valence-electron chi connectivity index (χ1n) is 9.44. The Morgan fingerprint density at radius 2 is 1.71 bits per heavy atom. The Hall–Kier alpha value is -3.12. The summed E-state index contributed by atoms with van der Waals surface area (Å²) in [5.41, 5.74) is 2.33. The maximum atomic E-state index is 13.1. The molecule has 2 N–H and O–H groups in total. The molecule has 2 aromatic carbocycles. The Bertz CT molecular complexity index is 984. The minimum absolute atomic E-state index is 0.0131. The van der Waals surface area contributed by atoms with Crippen molar-refractivity contribution in [1.29, 1.82) is 0 Å². The van der Waals surface area contributed by atoms with Crippen molar-refractivity contribution in [3.8, 4) is 0 Å². The summed E-state index contributed by atoms with van der Waals surface area (Å²) in [6.45, 7) is 4.99. The smallest absolute Gasteiger partial charge is 0.272 e. The van der Waals surface area contributed by atoms with Crippen LogP contribution in [0.15, 0.2) is 54.6 Å². The van der Waals surface area contributed by atoms with Crippen molar-refractivity contribution in [2.75, 3.05) is 18.4 Å². The molecular formula is C22H23N3O3. The molecular weight excluding hydrogens is 354 g/mol. The third kappa shape index (κ3) is 3.64. The molecule has 144 valence electrons. The second-order valence-corrected chi connectivity index (χ2v) is 7.24. The van der Waals surface area contributed by atoms with Crippen LogP contribution in [-0.4, -0.2) is 47.0 Å². The Kier molecular flexibility index (Phi) is 4.88. The second-order valence-electron chi connectivity index (χ2n) is 7.24. The molecule has 6 heteroatoms. The van der Waals surface area contributed by atoms with Gasteiger partial charge in [-0.25, -0.2) is 0 Å². The van der Waals surface area contributed by atoms with Gasteiger partial charge in [0, 0.05) is 24.0 Å². The maximum absolute atomic E-state index is 13.1. The van der Waals surface area contributed by atoms with Crippen LogP contribution in [0.25, 0.3) is 10.9 Å². The fraction of sp³-hybridized carbons (Fsp3) is 0.273. The lowest BCUT2D eigenvalue weighted by Gasteiger charge is -2.35. The van der Waals surface area contributed by atoms with E-state index < -0.39 is 0 Å². The summed E-state index contributed by atoms with van der Waals surface area (Å²) in [5.74, 6) is -0.380. The van der Waals surface area contributed by atoms with Crippen LogP contribution < -0.4 is 5.32 Å². The summed E-state index contributed by atoms with van der Waals surface area (Å²) < 4.78 is 5.72. The van der Waals surface area contributed by atoms with Gasteiger partial charge >= 0.3 is 0 Å². The van der Waals surface area contributed by atoms with Crippen LogP contribution in [0, 0.1) is 0 Å². The molecule has 0 unspecified atom stereocenters. The molecule has 0 radical (unpaired) electrons. The van der Waals surface area contributed by atoms with Crippen molar-refractivity contribution < 1.29 is 14.3 Å². The first kappa shape index (κ1) is 18.3. The number of hydrogen-bond donors (Lipinski definition) is 2. The summed E-state index contributed by atoms with van der Waals surface area (Å²) in [6.07, 6.45) is -0.0263. The molecule has 0 aliphatic carbocycles. The fourth-order valence-electron chi connectivity index (χ4n) is 3.68. The molecule has 1 aliphatic heterocycles. The van der Waals surface area contributed by atoms with E-state index in [1.54, 1.807) is 29.2 Å². The summed E-state index contributed by atoms with van der Waals surface area (Å²) in [4.78, 5) is 30.7. The number of H-pyrrole nitrogens is 1. The molecule has 6 nitrogen and oxygen atoms in total. The number of rotatable bonds is 3. The molecule has 1 aliphatic rings. The van der Waals surface area contributed by atoms with E-state index in [1.807, 2.05) is 44.2 Å². The molecule has 4 rings (SSSR count). The Balaban J connectivity index is 1.57. The molecule has 2 heterocycles. The first-order chi connectivity index (χ1) is 13.5. The summed E-state index contributed by atoms with van der Waals surface area (Å²) in [6, 6.07) is 16.6. The van der Waals surface area contributed by atoms with Gasteiger partial charge in [-0.2, -0.15) is 0 Å². The van der Waals surface area contributed by atoms with Crippen LogP contribution in [-0.2, 0) is 4.74 Å². The standard InChI is InChI=1S/C22H23N3O3/c1-14-12-25(13-15(2)28-14)22(27)17-8-4-6-10-19(17)24-21(26)20-11-16-7-3-5-9-18(16)23-20/h3-11,14-15,23H,12-13H2,1-2H3,(H,24,26)/t14-,15+. The Labute approximate surface area is 163 Å². The number of nitrogens with one attached hydrogen (secondary N) is 2. The lowest BCUT2D eigenvalue weighted by atomic mass is 10.1. The molecule has 0 saturated carbocycles. The second kappa shape index (κ2) is 7.48. The van der Waals surface area contributed by atoms with Gasteiger partial charge in [0.2, 0.25) is 0 Å². The minimum Gasteiger partial charge on any atom is -0.372 e. The third-order valence-electron chi connectivity index (χ3n) is 4.89. The zero-order valence-corrected chi connectivity index (χ0v) is 15.9. The number of hydrogen-bond acceptors (Lipinski definition) is 3. The first-order valence-corrected chi connectivity index (χ1v) is 9.44. The van der Waals surface area contributed by atoms with Crippen molar-refractivity contribution >= 4 is 28.4 Å². The van der Waals surface area contributed by atoms with E-state index in [2.05, 4.69) is 10.3 Å². The van der Waals surface area contributed by atoms with E-state index in [1.165, 1.54) is 0 Å². The van der Waals surface area contributed by atoms with Crippen LogP contribution in [0.2, 0.25) is 0 Å². The number of carbonyl (C=O) groups is 2. The molecule has 2 atom stereocenters. The number of fused-ring (bicyclic) bond motifs is 1. The largest absolute Gasteiger partial charge is 0.372 e. The Morgan fingerprint density at radius 1 is 1.04 bits per heavy atom. The van der Waals surface area contributed by atoms with Crippen LogP contribution in [0.1, 0.15) is 34.7 Å². The molecule has 1 fully saturated rings. The lowest BCUT2D eigenvalue weighted by Crippen LogP contribution is -2.48. The highest BCUT2D eigenvalue weighted by Crippen LogP contribution is 2.22. The van der Waals surface area contributed by atoms with Crippen LogP contribution in [0.5, 0.6) is 0 Å². The van der Waals surface area contributed by atoms with E-state index in [4.69, 9.17) is 4.74 Å². The third-order valence-corrected chi connectivity index (χ3v) is 4.89. The number of aromatic nitrogens is 1. The van der Waals surface area contributed by atoms with Gasteiger partial charge in [0.1, 0.15) is 5.69 Å². The number of morpholine rings is 1. The van der Waals surface area contributed by atoms with Gasteiger partial charge < -0.3 is 19.9 Å². The maximum Gasteiger partial charge on any atom is 0.272 e. The molecule has 1 saturated heterocycles. The van der Waals surface area contributed by atoms with Gasteiger partial charge in [-0.1, -0.05) is 30.3 Å².